The monoisotopic (exact) mass is 1090 g/mol. The second-order valence-corrected chi connectivity index (χ2v) is 16.7. The van der Waals surface area contributed by atoms with Crippen molar-refractivity contribution in [2.45, 2.75) is 6.54 Å². The smallest absolute Gasteiger partial charge is 0.285 e. The van der Waals surface area contributed by atoms with Gasteiger partial charge in [0, 0.05) is 16.3 Å². The highest BCUT2D eigenvalue weighted by Crippen LogP contribution is 2.40. The SMILES string of the molecule is Fc1c(F)c(F)c([B-](c2c(F)c(F)c(F)c(F)c2F)(c2c(F)c(F)c(F)c(F)c2F)c2c(F)c(F)c(F)c(F)c2F)c(F)c1F.O=C(C[n+]1ccnc(Oc2ccc3ccc4cccc5ccc2c3c45)c1)c1ccccc1. The van der Waals surface area contributed by atoms with E-state index in [2.05, 4.69) is 53.5 Å². The minimum atomic E-state index is -7.22. The Bertz CT molecular complexity index is 3690. The van der Waals surface area contributed by atoms with Crippen LogP contribution in [0.4, 0.5) is 87.8 Å². The summed E-state index contributed by atoms with van der Waals surface area (Å²) in [6.45, 7) is 0.224. The van der Waals surface area contributed by atoms with E-state index in [9.17, 15) is 57.5 Å². The molecule has 0 amide bonds. The maximum absolute atomic E-state index is 15.4. The highest BCUT2D eigenvalue weighted by atomic mass is 19.2. The van der Waals surface area contributed by atoms with E-state index in [1.54, 1.807) is 23.2 Å². The van der Waals surface area contributed by atoms with Gasteiger partial charge in [-0.25, -0.2) is 92.8 Å². The van der Waals surface area contributed by atoms with Crippen LogP contribution in [-0.4, -0.2) is 16.9 Å². The van der Waals surface area contributed by atoms with Gasteiger partial charge < -0.3 is 4.74 Å². The molecule has 10 aromatic rings. The second kappa shape index (κ2) is 19.7. The Hall–Kier alpha value is -8.77. The quantitative estimate of drug-likeness (QED) is 0.0275. The number of hydrogen-bond donors (Lipinski definition) is 0. The van der Waals surface area contributed by atoms with Crippen molar-refractivity contribution in [3.8, 4) is 11.6 Å². The molecule has 0 fully saturated rings. The summed E-state index contributed by atoms with van der Waals surface area (Å²) in [5.41, 5.74) is -13.6. The van der Waals surface area contributed by atoms with Crippen LogP contribution < -0.4 is 31.2 Å². The average molecular weight is 1090 g/mol. The molecule has 0 N–H and O–H groups in total. The Kier molecular flexibility index (Phi) is 13.6. The van der Waals surface area contributed by atoms with Crippen LogP contribution in [0.1, 0.15) is 10.4 Å². The molecule has 0 spiro atoms. The fourth-order valence-electron chi connectivity index (χ4n) is 9.23. The number of ether oxygens (including phenoxy) is 1. The number of carbonyl (C=O) groups excluding carboxylic acids is 1. The first kappa shape index (κ1) is 53.1. The van der Waals surface area contributed by atoms with Crippen molar-refractivity contribution in [2.24, 2.45) is 0 Å². The Balaban J connectivity index is 0.000000197. The van der Waals surface area contributed by atoms with E-state index < -0.39 is 144 Å². The molecule has 25 heteroatoms. The van der Waals surface area contributed by atoms with Gasteiger partial charge >= 0.3 is 0 Å². The molecule has 9 aromatic carbocycles. The lowest BCUT2D eigenvalue weighted by molar-refractivity contribution is -0.683. The molecule has 0 aliphatic carbocycles. The lowest BCUT2D eigenvalue weighted by Gasteiger charge is -2.44. The van der Waals surface area contributed by atoms with Crippen LogP contribution in [0.5, 0.6) is 11.6 Å². The van der Waals surface area contributed by atoms with E-state index >= 15 is 35.1 Å². The first-order valence-corrected chi connectivity index (χ1v) is 21.5. The van der Waals surface area contributed by atoms with Gasteiger partial charge in [0.15, 0.2) is 76.0 Å². The Morgan fingerprint density at radius 3 is 1.16 bits per heavy atom. The number of rotatable bonds is 9. The van der Waals surface area contributed by atoms with Gasteiger partial charge in [-0.2, -0.15) is 4.57 Å². The molecular formula is C52H19BF20N2O2. The molecule has 1 aromatic heterocycles. The summed E-state index contributed by atoms with van der Waals surface area (Å²) in [6.07, 6.45) is -2.02. The number of Topliss-reactive ketones (excluding diaryl/α,β-unsaturated/α-hetero) is 1. The second-order valence-electron chi connectivity index (χ2n) is 16.7. The lowest BCUT2D eigenvalue weighted by Crippen LogP contribution is -2.81. The van der Waals surface area contributed by atoms with Crippen molar-refractivity contribution in [2.75, 3.05) is 0 Å². The van der Waals surface area contributed by atoms with Crippen LogP contribution in [0, 0.1) is 116 Å². The average Bonchev–Trinajstić information content (AvgIpc) is 3.63. The van der Waals surface area contributed by atoms with Gasteiger partial charge in [-0.3, -0.25) is 4.79 Å². The molecule has 4 nitrogen and oxygen atoms in total. The van der Waals surface area contributed by atoms with E-state index in [1.807, 2.05) is 36.4 Å². The largest absolute Gasteiger partial charge is 0.434 e. The van der Waals surface area contributed by atoms with Crippen molar-refractivity contribution in [3.63, 3.8) is 0 Å². The van der Waals surface area contributed by atoms with Crippen molar-refractivity contribution in [3.05, 3.63) is 225 Å². The van der Waals surface area contributed by atoms with E-state index in [0.29, 0.717) is 11.4 Å². The molecule has 10 rings (SSSR count). The topological polar surface area (TPSA) is 43.1 Å². The van der Waals surface area contributed by atoms with Crippen LogP contribution in [0.3, 0.4) is 0 Å². The number of aromatic nitrogens is 2. The molecule has 392 valence electrons. The zero-order valence-corrected chi connectivity index (χ0v) is 37.4. The highest BCUT2D eigenvalue weighted by molar-refractivity contribution is 7.20. The first-order chi connectivity index (χ1) is 36.5. The molecular weight excluding hydrogens is 1080 g/mol. The van der Waals surface area contributed by atoms with Gasteiger partial charge in [0.25, 0.3) is 5.88 Å². The van der Waals surface area contributed by atoms with Gasteiger partial charge in [0.1, 0.15) is 58.4 Å². The van der Waals surface area contributed by atoms with Crippen LogP contribution in [0.15, 0.2) is 104 Å². The summed E-state index contributed by atoms with van der Waals surface area (Å²) in [5.74, 6) is -70.2. The minimum Gasteiger partial charge on any atom is -0.434 e. The molecule has 0 aliphatic heterocycles. The third-order valence-electron chi connectivity index (χ3n) is 12.6. The molecule has 0 atom stereocenters. The zero-order chi connectivity index (χ0) is 55.8. The van der Waals surface area contributed by atoms with Crippen molar-refractivity contribution in [1.29, 1.82) is 0 Å². The highest BCUT2D eigenvalue weighted by Gasteiger charge is 2.52. The molecule has 0 saturated heterocycles. The molecule has 0 unspecified atom stereocenters. The van der Waals surface area contributed by atoms with Crippen molar-refractivity contribution < 1.29 is 102 Å². The number of benzene rings is 9. The van der Waals surface area contributed by atoms with E-state index in [-0.39, 0.29) is 12.3 Å². The number of nitrogens with zero attached hydrogens (tertiary/aromatic N) is 2. The van der Waals surface area contributed by atoms with Gasteiger partial charge in [-0.1, -0.05) is 72.8 Å². The van der Waals surface area contributed by atoms with Crippen molar-refractivity contribution >= 4 is 66.1 Å². The van der Waals surface area contributed by atoms with Gasteiger partial charge in [-0.05, 0) is 33.7 Å². The Labute approximate surface area is 415 Å². The van der Waals surface area contributed by atoms with Crippen molar-refractivity contribution in [1.82, 2.24) is 4.98 Å². The molecule has 0 radical (unpaired) electrons. The summed E-state index contributed by atoms with van der Waals surface area (Å²) in [7, 11) is 0. The predicted octanol–water partition coefficient (Wildman–Crippen LogP) is 11.8. The number of halogens is 20. The summed E-state index contributed by atoms with van der Waals surface area (Å²) >= 11 is 0. The molecule has 0 bridgehead atoms. The standard InChI is InChI=1S/C28H19N2O2.C24BF20/c31-24(19-5-2-1-3-6-19)17-30-16-15-29-26(18-30)32-25-14-12-22-10-9-20-7-4-8-21-11-13-23(25)28(22)27(20)21;26-5-1(6(27)14(35)21(42)13(5)34)25(2-7(28)15(36)22(43)16(37)8(2)29,3-9(30)17(38)23(44)18(39)10(3)31)4-11(32)19(40)24(45)20(41)12(4)33/h1-16,18H,17H2;/q+1;-1. The van der Waals surface area contributed by atoms with E-state index in [0.717, 1.165) is 11.1 Å². The summed E-state index contributed by atoms with van der Waals surface area (Å²) in [6, 6.07) is 28.3. The van der Waals surface area contributed by atoms with Crippen LogP contribution >= 0.6 is 0 Å². The molecule has 77 heavy (non-hydrogen) atoms. The molecule has 0 saturated carbocycles. The van der Waals surface area contributed by atoms with Gasteiger partial charge in [0.05, 0.1) is 6.20 Å². The van der Waals surface area contributed by atoms with E-state index in [4.69, 9.17) is 4.74 Å². The van der Waals surface area contributed by atoms with Crippen LogP contribution in [0.2, 0.25) is 0 Å². The zero-order valence-electron chi connectivity index (χ0n) is 37.4. The number of carbonyl (C=O) groups is 1. The summed E-state index contributed by atoms with van der Waals surface area (Å²) in [4.78, 5) is 16.9. The number of hydrogen-bond acceptors (Lipinski definition) is 3. The predicted molar refractivity (Wildman–Crippen MR) is 235 cm³/mol. The Morgan fingerprint density at radius 2 is 0.753 bits per heavy atom. The maximum atomic E-state index is 15.4. The fourth-order valence-corrected chi connectivity index (χ4v) is 9.23. The maximum Gasteiger partial charge on any atom is 0.285 e. The van der Waals surface area contributed by atoms with Gasteiger partial charge in [-0.15, -0.1) is 21.9 Å². The fraction of sp³-hybridized carbons (Fsp3) is 0.0192. The third kappa shape index (κ3) is 8.25. The molecule has 0 aliphatic rings. The normalized spacial score (nSPS) is 11.7. The third-order valence-corrected chi connectivity index (χ3v) is 12.6. The molecule has 1 heterocycles. The first-order valence-electron chi connectivity index (χ1n) is 21.5. The minimum absolute atomic E-state index is 0.0375. The summed E-state index contributed by atoms with van der Waals surface area (Å²) in [5, 5.41) is 7.10. The number of ketones is 1. The lowest BCUT2D eigenvalue weighted by atomic mass is 9.12. The van der Waals surface area contributed by atoms with Crippen LogP contribution in [0.25, 0.3) is 32.3 Å². The van der Waals surface area contributed by atoms with Gasteiger partial charge in [0.2, 0.25) is 18.5 Å². The van der Waals surface area contributed by atoms with Crippen LogP contribution in [-0.2, 0) is 6.54 Å². The van der Waals surface area contributed by atoms with E-state index in [1.165, 1.54) is 26.9 Å². The summed E-state index contributed by atoms with van der Waals surface area (Å²) < 4.78 is 302. The Morgan fingerprint density at radius 1 is 0.403 bits per heavy atom.